The minimum Gasteiger partial charge on any atom is -0.375 e. The number of rotatable bonds is 4. The Labute approximate surface area is 118 Å². The van der Waals surface area contributed by atoms with E-state index in [1.54, 1.807) is 18.3 Å². The lowest BCUT2D eigenvalue weighted by Crippen LogP contribution is -2.09. The predicted molar refractivity (Wildman–Crippen MR) is 74.6 cm³/mol. The molecule has 2 aromatic heterocycles. The van der Waals surface area contributed by atoms with E-state index in [-0.39, 0.29) is 11.7 Å². The molecule has 9 heteroatoms. The Morgan fingerprint density at radius 1 is 1.33 bits per heavy atom. The fourth-order valence-electron chi connectivity index (χ4n) is 2.11. The predicted octanol–water partition coefficient (Wildman–Crippen LogP) is 1.83. The Balaban J connectivity index is 2.04. The summed E-state index contributed by atoms with van der Waals surface area (Å²) in [5.41, 5.74) is 0.770. The third kappa shape index (κ3) is 2.36. The number of tetrazole rings is 1. The minimum atomic E-state index is -0.408. The first-order chi connectivity index (χ1) is 10.2. The second-order valence-electron chi connectivity index (χ2n) is 4.45. The summed E-state index contributed by atoms with van der Waals surface area (Å²) in [6, 6.07) is 4.54. The van der Waals surface area contributed by atoms with Gasteiger partial charge in [0.15, 0.2) is 5.82 Å². The molecule has 1 atom stereocenters. The molecule has 2 heterocycles. The topological polar surface area (TPSA) is 123 Å². The maximum absolute atomic E-state index is 11.1. The Kier molecular flexibility index (Phi) is 3.14. The van der Waals surface area contributed by atoms with Crippen LogP contribution < -0.4 is 5.32 Å². The van der Waals surface area contributed by atoms with Gasteiger partial charge < -0.3 is 5.32 Å². The number of nitrogens with zero attached hydrogens (tertiary/aromatic N) is 5. The highest BCUT2D eigenvalue weighted by atomic mass is 16.6. The van der Waals surface area contributed by atoms with E-state index in [1.165, 1.54) is 12.3 Å². The van der Waals surface area contributed by atoms with Crippen LogP contribution in [0.15, 0.2) is 30.6 Å². The van der Waals surface area contributed by atoms with Crippen LogP contribution in [0.1, 0.15) is 18.8 Å². The fraction of sp³-hybridized carbons (Fsp3) is 0.167. The molecular formula is C12H11N7O2. The molecule has 106 valence electrons. The molecule has 1 aromatic carbocycles. The number of nitrogens with one attached hydrogen (secondary N) is 2. The second kappa shape index (κ2) is 5.12. The first-order valence-corrected chi connectivity index (χ1v) is 6.18. The molecule has 21 heavy (non-hydrogen) atoms. The van der Waals surface area contributed by atoms with Crippen LogP contribution in [0, 0.1) is 10.1 Å². The average molecular weight is 285 g/mol. The second-order valence-corrected chi connectivity index (χ2v) is 4.45. The van der Waals surface area contributed by atoms with Gasteiger partial charge in [-0.3, -0.25) is 15.1 Å². The number of hydrogen-bond donors (Lipinski definition) is 2. The number of aromatic amines is 1. The normalized spacial score (nSPS) is 12.2. The van der Waals surface area contributed by atoms with Crippen molar-refractivity contribution >= 4 is 22.1 Å². The molecule has 0 radical (unpaired) electrons. The van der Waals surface area contributed by atoms with Crippen molar-refractivity contribution in [2.75, 3.05) is 5.32 Å². The van der Waals surface area contributed by atoms with E-state index in [9.17, 15) is 10.1 Å². The van der Waals surface area contributed by atoms with Crippen LogP contribution in [-0.4, -0.2) is 30.5 Å². The molecule has 0 spiro atoms. The quantitative estimate of drug-likeness (QED) is 0.553. The largest absolute Gasteiger partial charge is 0.375 e. The number of non-ortho nitro benzene ring substituents is 1. The van der Waals surface area contributed by atoms with E-state index in [2.05, 4.69) is 30.9 Å². The summed E-state index contributed by atoms with van der Waals surface area (Å²) in [6.45, 7) is 1.87. The summed E-state index contributed by atoms with van der Waals surface area (Å²) < 4.78 is 0. The number of fused-ring (bicyclic) bond motifs is 1. The zero-order chi connectivity index (χ0) is 14.8. The minimum absolute atomic E-state index is 0.0464. The van der Waals surface area contributed by atoms with Crippen LogP contribution >= 0.6 is 0 Å². The highest BCUT2D eigenvalue weighted by Gasteiger charge is 2.16. The molecule has 9 nitrogen and oxygen atoms in total. The van der Waals surface area contributed by atoms with Gasteiger partial charge in [0.1, 0.15) is 0 Å². The smallest absolute Gasteiger partial charge is 0.277 e. The number of aromatic nitrogens is 5. The molecule has 0 amide bonds. The van der Waals surface area contributed by atoms with Gasteiger partial charge in [-0.1, -0.05) is 5.21 Å². The first-order valence-electron chi connectivity index (χ1n) is 6.18. The number of nitro groups is 1. The average Bonchev–Trinajstić information content (AvgIpc) is 3.01. The van der Waals surface area contributed by atoms with Gasteiger partial charge >= 0.3 is 0 Å². The number of H-pyrrole nitrogens is 1. The van der Waals surface area contributed by atoms with Crippen LogP contribution in [0.25, 0.3) is 10.8 Å². The first kappa shape index (κ1) is 12.9. The molecule has 2 N–H and O–H groups in total. The van der Waals surface area contributed by atoms with Gasteiger partial charge in [-0.25, -0.2) is 0 Å². The van der Waals surface area contributed by atoms with Crippen LogP contribution in [0.5, 0.6) is 0 Å². The summed E-state index contributed by atoms with van der Waals surface area (Å²) >= 11 is 0. The molecule has 3 aromatic rings. The zero-order valence-corrected chi connectivity index (χ0v) is 11.0. The maximum atomic E-state index is 11.1. The van der Waals surface area contributed by atoms with Crippen molar-refractivity contribution in [1.82, 2.24) is 25.6 Å². The monoisotopic (exact) mass is 285 g/mol. The Bertz CT molecular complexity index is 787. The lowest BCUT2D eigenvalue weighted by molar-refractivity contribution is -0.383. The molecule has 1 unspecified atom stereocenters. The van der Waals surface area contributed by atoms with Crippen molar-refractivity contribution in [3.8, 4) is 0 Å². The SMILES string of the molecule is CC(Nc1ccc([N+](=O)[O-])c2ccncc12)c1nn[nH]n1. The van der Waals surface area contributed by atoms with Gasteiger partial charge in [-0.05, 0) is 19.1 Å². The maximum Gasteiger partial charge on any atom is 0.277 e. The molecule has 0 saturated heterocycles. The number of hydrogen-bond acceptors (Lipinski definition) is 7. The third-order valence-electron chi connectivity index (χ3n) is 3.11. The number of nitro benzene ring substituents is 1. The Morgan fingerprint density at radius 2 is 2.19 bits per heavy atom. The standard InChI is InChI=1S/C12H11N7O2/c1-7(12-15-17-18-16-12)14-10-2-3-11(19(20)21)8-4-5-13-6-9(8)10/h2-7,14H,1H3,(H,15,16,17,18). The van der Waals surface area contributed by atoms with Crippen molar-refractivity contribution < 1.29 is 4.92 Å². The van der Waals surface area contributed by atoms with Gasteiger partial charge in [0.05, 0.1) is 16.4 Å². The van der Waals surface area contributed by atoms with Crippen LogP contribution in [0.3, 0.4) is 0 Å². The molecule has 0 fully saturated rings. The number of benzene rings is 1. The fourth-order valence-corrected chi connectivity index (χ4v) is 2.11. The summed E-state index contributed by atoms with van der Waals surface area (Å²) in [5.74, 6) is 0.505. The van der Waals surface area contributed by atoms with Crippen LogP contribution in [0.2, 0.25) is 0 Å². The Hall–Kier alpha value is -3.10. The van der Waals surface area contributed by atoms with Crippen molar-refractivity contribution in [2.24, 2.45) is 0 Å². The number of pyridine rings is 1. The molecule has 0 aliphatic carbocycles. The van der Waals surface area contributed by atoms with Gasteiger partial charge in [-0.15, -0.1) is 10.2 Å². The summed E-state index contributed by atoms with van der Waals surface area (Å²) in [5, 5.41) is 29.2. The van der Waals surface area contributed by atoms with E-state index >= 15 is 0 Å². The van der Waals surface area contributed by atoms with E-state index in [0.29, 0.717) is 16.6 Å². The summed E-state index contributed by atoms with van der Waals surface area (Å²) in [7, 11) is 0. The molecule has 0 aliphatic heterocycles. The van der Waals surface area contributed by atoms with Crippen molar-refractivity contribution in [1.29, 1.82) is 0 Å². The highest BCUT2D eigenvalue weighted by molar-refractivity contribution is 5.99. The van der Waals surface area contributed by atoms with E-state index in [4.69, 9.17) is 0 Å². The van der Waals surface area contributed by atoms with E-state index < -0.39 is 4.92 Å². The molecule has 0 saturated carbocycles. The summed E-state index contributed by atoms with van der Waals surface area (Å²) in [4.78, 5) is 14.7. The summed E-state index contributed by atoms with van der Waals surface area (Å²) in [6.07, 6.45) is 3.12. The van der Waals surface area contributed by atoms with Crippen molar-refractivity contribution in [3.05, 3.63) is 46.5 Å². The van der Waals surface area contributed by atoms with Gasteiger partial charge in [-0.2, -0.15) is 5.21 Å². The molecule has 3 rings (SSSR count). The van der Waals surface area contributed by atoms with Crippen LogP contribution in [0.4, 0.5) is 11.4 Å². The van der Waals surface area contributed by atoms with Crippen LogP contribution in [-0.2, 0) is 0 Å². The van der Waals surface area contributed by atoms with E-state index in [1.807, 2.05) is 6.92 Å². The van der Waals surface area contributed by atoms with Crippen molar-refractivity contribution in [2.45, 2.75) is 13.0 Å². The van der Waals surface area contributed by atoms with Gasteiger partial charge in [0, 0.05) is 29.5 Å². The lowest BCUT2D eigenvalue weighted by Gasteiger charge is -2.13. The van der Waals surface area contributed by atoms with E-state index in [0.717, 1.165) is 5.69 Å². The zero-order valence-electron chi connectivity index (χ0n) is 11.0. The van der Waals surface area contributed by atoms with Gasteiger partial charge in [0.25, 0.3) is 5.69 Å². The molecule has 0 bridgehead atoms. The van der Waals surface area contributed by atoms with Gasteiger partial charge in [0.2, 0.25) is 0 Å². The Morgan fingerprint density at radius 3 is 2.90 bits per heavy atom. The molecular weight excluding hydrogens is 274 g/mol. The van der Waals surface area contributed by atoms with Crippen molar-refractivity contribution in [3.63, 3.8) is 0 Å². The third-order valence-corrected chi connectivity index (χ3v) is 3.11. The lowest BCUT2D eigenvalue weighted by atomic mass is 10.1. The highest BCUT2D eigenvalue weighted by Crippen LogP contribution is 2.32. The molecule has 0 aliphatic rings. The number of anilines is 1.